The van der Waals surface area contributed by atoms with Crippen LogP contribution in [-0.4, -0.2) is 37.2 Å². The minimum atomic E-state index is -0.00501. The molecular weight excluding hydrogens is 312 g/mol. The first-order valence-corrected chi connectivity index (χ1v) is 8.78. The molecule has 0 bridgehead atoms. The Kier molecular flexibility index (Phi) is 5.92. The standard InChI is InChI=1S/C21H24N2O2/c1-2-13-25-16-17-7-6-12-23(15-17)21(24)22-14-19-10-5-9-18-8-3-4-11-20(18)19/h1,3-5,8-11,17H,6-7,12-16H2,(H,22,24). The van der Waals surface area contributed by atoms with Crippen molar-refractivity contribution in [2.24, 2.45) is 5.92 Å². The van der Waals surface area contributed by atoms with Crippen LogP contribution in [0.15, 0.2) is 42.5 Å². The lowest BCUT2D eigenvalue weighted by atomic mass is 9.99. The molecular formula is C21H24N2O2. The Labute approximate surface area is 149 Å². The number of carbonyl (C=O) groups excluding carboxylic acids is 1. The van der Waals surface area contributed by atoms with Crippen LogP contribution in [0.25, 0.3) is 10.8 Å². The molecule has 0 spiro atoms. The van der Waals surface area contributed by atoms with Crippen LogP contribution >= 0.6 is 0 Å². The molecule has 0 radical (unpaired) electrons. The summed E-state index contributed by atoms with van der Waals surface area (Å²) in [7, 11) is 0. The molecule has 25 heavy (non-hydrogen) atoms. The number of piperidine rings is 1. The van der Waals surface area contributed by atoms with Gasteiger partial charge in [-0.05, 0) is 29.2 Å². The Bertz CT molecular complexity index is 761. The van der Waals surface area contributed by atoms with Crippen molar-refractivity contribution in [1.82, 2.24) is 10.2 Å². The number of hydrogen-bond acceptors (Lipinski definition) is 2. The molecule has 0 saturated carbocycles. The number of fused-ring (bicyclic) bond motifs is 1. The van der Waals surface area contributed by atoms with Gasteiger partial charge in [-0.1, -0.05) is 48.4 Å². The third-order valence-corrected chi connectivity index (χ3v) is 4.66. The lowest BCUT2D eigenvalue weighted by Crippen LogP contribution is -2.46. The van der Waals surface area contributed by atoms with Crippen molar-refractivity contribution in [3.05, 3.63) is 48.0 Å². The van der Waals surface area contributed by atoms with Crippen molar-refractivity contribution in [2.45, 2.75) is 19.4 Å². The van der Waals surface area contributed by atoms with Crippen LogP contribution in [0.4, 0.5) is 4.79 Å². The van der Waals surface area contributed by atoms with Crippen LogP contribution in [0.3, 0.4) is 0 Å². The molecule has 2 aromatic carbocycles. The summed E-state index contributed by atoms with van der Waals surface area (Å²) >= 11 is 0. The average Bonchev–Trinajstić information content (AvgIpc) is 2.66. The molecule has 1 N–H and O–H groups in total. The van der Waals surface area contributed by atoms with Crippen molar-refractivity contribution >= 4 is 16.8 Å². The van der Waals surface area contributed by atoms with Crippen LogP contribution in [0.5, 0.6) is 0 Å². The number of hydrogen-bond donors (Lipinski definition) is 1. The van der Waals surface area contributed by atoms with E-state index in [-0.39, 0.29) is 6.03 Å². The molecule has 2 amide bonds. The molecule has 4 nitrogen and oxygen atoms in total. The van der Waals surface area contributed by atoms with Crippen LogP contribution < -0.4 is 5.32 Å². The molecule has 130 valence electrons. The molecule has 1 unspecified atom stereocenters. The molecule has 0 aliphatic carbocycles. The zero-order chi connectivity index (χ0) is 17.5. The molecule has 0 aromatic heterocycles. The lowest BCUT2D eigenvalue weighted by molar-refractivity contribution is 0.0857. The zero-order valence-electron chi connectivity index (χ0n) is 14.4. The number of urea groups is 1. The quantitative estimate of drug-likeness (QED) is 0.671. The number of nitrogens with one attached hydrogen (secondary N) is 1. The number of amides is 2. The van der Waals surface area contributed by atoms with E-state index in [0.717, 1.165) is 31.5 Å². The Morgan fingerprint density at radius 2 is 2.12 bits per heavy atom. The van der Waals surface area contributed by atoms with Crippen LogP contribution in [0.2, 0.25) is 0 Å². The second-order valence-electron chi connectivity index (χ2n) is 6.47. The van der Waals surface area contributed by atoms with Crippen molar-refractivity contribution < 1.29 is 9.53 Å². The summed E-state index contributed by atoms with van der Waals surface area (Å²) in [4.78, 5) is 14.4. The third-order valence-electron chi connectivity index (χ3n) is 4.66. The second kappa shape index (κ2) is 8.55. The van der Waals surface area contributed by atoms with E-state index in [2.05, 4.69) is 35.5 Å². The highest BCUT2D eigenvalue weighted by Gasteiger charge is 2.23. The van der Waals surface area contributed by atoms with Crippen molar-refractivity contribution in [2.75, 3.05) is 26.3 Å². The van der Waals surface area contributed by atoms with Crippen molar-refractivity contribution in [3.8, 4) is 12.3 Å². The van der Waals surface area contributed by atoms with E-state index in [9.17, 15) is 4.79 Å². The molecule has 1 heterocycles. The first-order valence-electron chi connectivity index (χ1n) is 8.78. The van der Waals surface area contributed by atoms with Crippen molar-refractivity contribution in [1.29, 1.82) is 0 Å². The maximum absolute atomic E-state index is 12.5. The minimum absolute atomic E-state index is 0.00501. The number of rotatable bonds is 5. The SMILES string of the molecule is C#CCOCC1CCCN(C(=O)NCc2cccc3ccccc23)C1. The van der Waals surface area contributed by atoms with Crippen molar-refractivity contribution in [3.63, 3.8) is 0 Å². The van der Waals surface area contributed by atoms with Crippen LogP contribution in [0, 0.1) is 18.3 Å². The zero-order valence-corrected chi connectivity index (χ0v) is 14.4. The predicted molar refractivity (Wildman–Crippen MR) is 100 cm³/mol. The normalized spacial score (nSPS) is 17.2. The smallest absolute Gasteiger partial charge is 0.317 e. The number of terminal acetylenes is 1. The van der Waals surface area contributed by atoms with Gasteiger partial charge in [0.1, 0.15) is 6.61 Å². The summed E-state index contributed by atoms with van der Waals surface area (Å²) < 4.78 is 5.43. The fraction of sp³-hybridized carbons (Fsp3) is 0.381. The summed E-state index contributed by atoms with van der Waals surface area (Å²) in [6, 6.07) is 14.4. The molecule has 1 saturated heterocycles. The summed E-state index contributed by atoms with van der Waals surface area (Å²) in [6.45, 7) is 3.02. The topological polar surface area (TPSA) is 41.6 Å². The van der Waals surface area contributed by atoms with E-state index in [1.54, 1.807) is 0 Å². The fourth-order valence-electron chi connectivity index (χ4n) is 3.40. The first-order chi connectivity index (χ1) is 12.3. The minimum Gasteiger partial charge on any atom is -0.368 e. The highest BCUT2D eigenvalue weighted by Crippen LogP contribution is 2.19. The number of benzene rings is 2. The maximum Gasteiger partial charge on any atom is 0.317 e. The average molecular weight is 336 g/mol. The van der Waals surface area contributed by atoms with Gasteiger partial charge in [-0.15, -0.1) is 6.42 Å². The second-order valence-corrected chi connectivity index (χ2v) is 6.47. The van der Waals surface area contributed by atoms with E-state index < -0.39 is 0 Å². The number of ether oxygens (including phenoxy) is 1. The number of nitrogens with zero attached hydrogens (tertiary/aromatic N) is 1. The first kappa shape index (κ1) is 17.3. The summed E-state index contributed by atoms with van der Waals surface area (Å²) in [5.41, 5.74) is 1.14. The molecule has 3 rings (SSSR count). The van der Waals surface area contributed by atoms with E-state index in [1.165, 1.54) is 10.8 Å². The van der Waals surface area contributed by atoms with Gasteiger partial charge >= 0.3 is 6.03 Å². The van der Waals surface area contributed by atoms with Gasteiger partial charge in [0.2, 0.25) is 0 Å². The Balaban J connectivity index is 1.56. The Morgan fingerprint density at radius 3 is 3.00 bits per heavy atom. The predicted octanol–water partition coefficient (Wildman–Crippen LogP) is 3.41. The molecule has 4 heteroatoms. The van der Waals surface area contributed by atoms with Gasteiger partial charge in [0.15, 0.2) is 0 Å². The van der Waals surface area contributed by atoms with Gasteiger partial charge in [-0.25, -0.2) is 4.79 Å². The van der Waals surface area contributed by atoms with Gasteiger partial charge in [-0.3, -0.25) is 0 Å². The number of carbonyl (C=O) groups is 1. The van der Waals surface area contributed by atoms with Crippen LogP contribution in [0.1, 0.15) is 18.4 Å². The summed E-state index contributed by atoms with van der Waals surface area (Å²) in [6.07, 6.45) is 7.29. The van der Waals surface area contributed by atoms with E-state index in [1.807, 2.05) is 23.1 Å². The molecule has 1 fully saturated rings. The maximum atomic E-state index is 12.5. The van der Waals surface area contributed by atoms with Gasteiger partial charge in [0.25, 0.3) is 0 Å². The molecule has 2 aromatic rings. The van der Waals surface area contributed by atoms with Gasteiger partial charge in [0.05, 0.1) is 6.61 Å². The highest BCUT2D eigenvalue weighted by atomic mass is 16.5. The summed E-state index contributed by atoms with van der Waals surface area (Å²) in [5, 5.41) is 5.44. The highest BCUT2D eigenvalue weighted by molar-refractivity contribution is 5.86. The molecule has 1 aliphatic rings. The summed E-state index contributed by atoms with van der Waals surface area (Å²) in [5.74, 6) is 2.85. The Hall–Kier alpha value is -2.51. The third kappa shape index (κ3) is 4.52. The lowest BCUT2D eigenvalue weighted by Gasteiger charge is -2.32. The molecule has 1 atom stereocenters. The Morgan fingerprint density at radius 1 is 1.28 bits per heavy atom. The van der Waals surface area contributed by atoms with E-state index >= 15 is 0 Å². The van der Waals surface area contributed by atoms with Gasteiger partial charge in [0, 0.05) is 25.6 Å². The molecule has 1 aliphatic heterocycles. The van der Waals surface area contributed by atoms with E-state index in [4.69, 9.17) is 11.2 Å². The van der Waals surface area contributed by atoms with Gasteiger partial charge < -0.3 is 15.0 Å². The van der Waals surface area contributed by atoms with Gasteiger partial charge in [-0.2, -0.15) is 0 Å². The monoisotopic (exact) mass is 336 g/mol. The largest absolute Gasteiger partial charge is 0.368 e. The fourth-order valence-corrected chi connectivity index (χ4v) is 3.40. The van der Waals surface area contributed by atoms with E-state index in [0.29, 0.717) is 25.7 Å². The van der Waals surface area contributed by atoms with Crippen LogP contribution in [-0.2, 0) is 11.3 Å². The number of likely N-dealkylation sites (tertiary alicyclic amines) is 1.